The summed E-state index contributed by atoms with van der Waals surface area (Å²) >= 11 is 3.34. The Balaban J connectivity index is 2.15. The molecule has 0 atom stereocenters. The lowest BCUT2D eigenvalue weighted by Crippen LogP contribution is -1.93. The number of benzene rings is 1. The lowest BCUT2D eigenvalue weighted by molar-refractivity contribution is 0.104. The molecule has 0 aliphatic carbocycles. The van der Waals surface area contributed by atoms with Crippen LogP contribution in [0.2, 0.25) is 0 Å². The van der Waals surface area contributed by atoms with E-state index in [1.165, 1.54) is 0 Å². The van der Waals surface area contributed by atoms with Crippen molar-refractivity contribution in [3.63, 3.8) is 0 Å². The summed E-state index contributed by atoms with van der Waals surface area (Å²) < 4.78 is 0.909. The molecule has 0 unspecified atom stereocenters. The van der Waals surface area contributed by atoms with Crippen LogP contribution in [0.1, 0.15) is 16.1 Å². The topological polar surface area (TPSA) is 32.9 Å². The molecule has 0 aliphatic heterocycles. The Morgan fingerprint density at radius 3 is 2.81 bits per heavy atom. The van der Waals surface area contributed by atoms with Crippen LogP contribution in [0.3, 0.4) is 0 Å². The Hall–Kier alpha value is -1.61. The van der Waals surface area contributed by atoms with Gasteiger partial charge in [0, 0.05) is 21.9 Å². The van der Waals surface area contributed by atoms with Crippen molar-refractivity contribution in [2.75, 3.05) is 0 Å². The molecule has 0 amide bonds. The SMILES string of the molecule is O=C(/C=C/c1ccc[nH]1)c1cccc(Br)c1. The molecule has 0 aliphatic rings. The van der Waals surface area contributed by atoms with Gasteiger partial charge in [0.15, 0.2) is 5.78 Å². The number of carbonyl (C=O) groups excluding carboxylic acids is 1. The number of aromatic nitrogens is 1. The van der Waals surface area contributed by atoms with E-state index in [0.717, 1.165) is 10.2 Å². The van der Waals surface area contributed by atoms with Crippen molar-refractivity contribution >= 4 is 27.8 Å². The highest BCUT2D eigenvalue weighted by atomic mass is 79.9. The fraction of sp³-hybridized carbons (Fsp3) is 0. The van der Waals surface area contributed by atoms with E-state index in [4.69, 9.17) is 0 Å². The Morgan fingerprint density at radius 1 is 1.25 bits per heavy atom. The average molecular weight is 276 g/mol. The second-order valence-electron chi connectivity index (χ2n) is 3.33. The monoisotopic (exact) mass is 275 g/mol. The lowest BCUT2D eigenvalue weighted by atomic mass is 10.1. The maximum Gasteiger partial charge on any atom is 0.185 e. The molecule has 1 heterocycles. The fourth-order valence-electron chi connectivity index (χ4n) is 1.35. The molecule has 0 spiro atoms. The molecule has 80 valence electrons. The molecule has 2 rings (SSSR count). The van der Waals surface area contributed by atoms with Crippen molar-refractivity contribution in [2.45, 2.75) is 0 Å². The van der Waals surface area contributed by atoms with Crippen LogP contribution < -0.4 is 0 Å². The van der Waals surface area contributed by atoms with Crippen LogP contribution in [0.25, 0.3) is 6.08 Å². The van der Waals surface area contributed by atoms with Gasteiger partial charge in [-0.05, 0) is 36.4 Å². The van der Waals surface area contributed by atoms with Crippen molar-refractivity contribution in [2.24, 2.45) is 0 Å². The third-order valence-electron chi connectivity index (χ3n) is 2.15. The first-order valence-corrected chi connectivity index (χ1v) is 5.66. The number of hydrogen-bond donors (Lipinski definition) is 1. The number of H-pyrrole nitrogens is 1. The van der Waals surface area contributed by atoms with Crippen LogP contribution >= 0.6 is 15.9 Å². The number of nitrogens with one attached hydrogen (secondary N) is 1. The van der Waals surface area contributed by atoms with Crippen molar-refractivity contribution in [3.05, 3.63) is 64.4 Å². The molecular weight excluding hydrogens is 266 g/mol. The maximum absolute atomic E-state index is 11.8. The first kappa shape index (κ1) is 10.9. The minimum atomic E-state index is -0.00380. The zero-order valence-corrected chi connectivity index (χ0v) is 10.1. The van der Waals surface area contributed by atoms with Gasteiger partial charge in [-0.15, -0.1) is 0 Å². The van der Waals surface area contributed by atoms with Crippen LogP contribution in [0.15, 0.2) is 53.1 Å². The number of halogens is 1. The van der Waals surface area contributed by atoms with E-state index in [9.17, 15) is 4.79 Å². The Bertz CT molecular complexity index is 514. The van der Waals surface area contributed by atoms with Gasteiger partial charge in [0.25, 0.3) is 0 Å². The van der Waals surface area contributed by atoms with E-state index < -0.39 is 0 Å². The molecule has 0 fully saturated rings. The second kappa shape index (κ2) is 4.94. The molecule has 1 N–H and O–H groups in total. The Labute approximate surface area is 102 Å². The quantitative estimate of drug-likeness (QED) is 0.673. The van der Waals surface area contributed by atoms with Crippen LogP contribution in [0.4, 0.5) is 0 Å². The van der Waals surface area contributed by atoms with Crippen molar-refractivity contribution < 1.29 is 4.79 Å². The zero-order chi connectivity index (χ0) is 11.4. The van der Waals surface area contributed by atoms with E-state index in [-0.39, 0.29) is 5.78 Å². The minimum absolute atomic E-state index is 0.00380. The van der Waals surface area contributed by atoms with Crippen LogP contribution in [-0.4, -0.2) is 10.8 Å². The lowest BCUT2D eigenvalue weighted by Gasteiger charge is -1.95. The summed E-state index contributed by atoms with van der Waals surface area (Å²) in [4.78, 5) is 14.8. The summed E-state index contributed by atoms with van der Waals surface area (Å²) in [7, 11) is 0. The largest absolute Gasteiger partial charge is 0.362 e. The molecule has 2 aromatic rings. The number of allylic oxidation sites excluding steroid dienone is 1. The van der Waals surface area contributed by atoms with Gasteiger partial charge in [0.2, 0.25) is 0 Å². The standard InChI is InChI=1S/C13H10BrNO/c14-11-4-1-3-10(9-11)13(16)7-6-12-5-2-8-15-12/h1-9,15H/b7-6+. The van der Waals surface area contributed by atoms with Gasteiger partial charge < -0.3 is 4.98 Å². The molecule has 0 bridgehead atoms. The van der Waals surface area contributed by atoms with Gasteiger partial charge >= 0.3 is 0 Å². The number of rotatable bonds is 3. The summed E-state index contributed by atoms with van der Waals surface area (Å²) in [6.07, 6.45) is 5.15. The summed E-state index contributed by atoms with van der Waals surface area (Å²) in [5, 5.41) is 0. The van der Waals surface area contributed by atoms with Gasteiger partial charge in [-0.2, -0.15) is 0 Å². The maximum atomic E-state index is 11.8. The summed E-state index contributed by atoms with van der Waals surface area (Å²) in [6.45, 7) is 0. The summed E-state index contributed by atoms with van der Waals surface area (Å²) in [5.74, 6) is -0.00380. The third kappa shape index (κ3) is 2.70. The van der Waals surface area contributed by atoms with Gasteiger partial charge in [-0.1, -0.05) is 28.1 Å². The predicted molar refractivity (Wildman–Crippen MR) is 68.3 cm³/mol. The highest BCUT2D eigenvalue weighted by molar-refractivity contribution is 9.10. The van der Waals surface area contributed by atoms with Crippen molar-refractivity contribution in [1.82, 2.24) is 4.98 Å². The first-order valence-electron chi connectivity index (χ1n) is 4.87. The van der Waals surface area contributed by atoms with Gasteiger partial charge in [-0.3, -0.25) is 4.79 Å². The Kier molecular flexibility index (Phi) is 3.37. The smallest absolute Gasteiger partial charge is 0.185 e. The summed E-state index contributed by atoms with van der Waals surface area (Å²) in [5.41, 5.74) is 1.60. The highest BCUT2D eigenvalue weighted by Gasteiger charge is 2.01. The van der Waals surface area contributed by atoms with Crippen molar-refractivity contribution in [1.29, 1.82) is 0 Å². The fourth-order valence-corrected chi connectivity index (χ4v) is 1.75. The molecule has 0 saturated carbocycles. The van der Waals surface area contributed by atoms with E-state index >= 15 is 0 Å². The van der Waals surface area contributed by atoms with E-state index in [2.05, 4.69) is 20.9 Å². The van der Waals surface area contributed by atoms with Gasteiger partial charge in [-0.25, -0.2) is 0 Å². The average Bonchev–Trinajstić information content (AvgIpc) is 2.78. The molecular formula is C13H10BrNO. The normalized spacial score (nSPS) is 10.8. The number of hydrogen-bond acceptors (Lipinski definition) is 1. The van der Waals surface area contributed by atoms with E-state index in [1.807, 2.05) is 30.5 Å². The Morgan fingerprint density at radius 2 is 2.12 bits per heavy atom. The van der Waals surface area contributed by atoms with Crippen LogP contribution in [-0.2, 0) is 0 Å². The molecule has 2 nitrogen and oxygen atoms in total. The number of carbonyl (C=O) groups is 1. The molecule has 0 saturated heterocycles. The molecule has 1 aromatic carbocycles. The molecule has 1 aromatic heterocycles. The second-order valence-corrected chi connectivity index (χ2v) is 4.25. The van der Waals surface area contributed by atoms with Gasteiger partial charge in [0.1, 0.15) is 0 Å². The first-order chi connectivity index (χ1) is 7.75. The van der Waals surface area contributed by atoms with Gasteiger partial charge in [0.05, 0.1) is 0 Å². The van der Waals surface area contributed by atoms with E-state index in [1.54, 1.807) is 24.3 Å². The summed E-state index contributed by atoms with van der Waals surface area (Å²) in [6, 6.07) is 11.1. The number of aromatic amines is 1. The number of ketones is 1. The molecule has 0 radical (unpaired) electrons. The van der Waals surface area contributed by atoms with Crippen LogP contribution in [0.5, 0.6) is 0 Å². The van der Waals surface area contributed by atoms with Crippen molar-refractivity contribution in [3.8, 4) is 0 Å². The third-order valence-corrected chi connectivity index (χ3v) is 2.64. The highest BCUT2D eigenvalue weighted by Crippen LogP contribution is 2.12. The predicted octanol–water partition coefficient (Wildman–Crippen LogP) is 3.67. The van der Waals surface area contributed by atoms with Crippen LogP contribution in [0, 0.1) is 0 Å². The molecule has 3 heteroatoms. The molecule has 16 heavy (non-hydrogen) atoms. The minimum Gasteiger partial charge on any atom is -0.362 e. The van der Waals surface area contributed by atoms with E-state index in [0.29, 0.717) is 5.56 Å². The zero-order valence-electron chi connectivity index (χ0n) is 8.48.